The first-order valence-corrected chi connectivity index (χ1v) is 7.67. The molecule has 0 rings (SSSR count). The third kappa shape index (κ3) is 13.0. The first kappa shape index (κ1) is 23.5. The van der Waals surface area contributed by atoms with Crippen molar-refractivity contribution in [2.75, 3.05) is 19.6 Å². The number of guanidine groups is 1. The van der Waals surface area contributed by atoms with E-state index in [-0.39, 0.29) is 24.0 Å². The summed E-state index contributed by atoms with van der Waals surface area (Å²) in [4.78, 5) is 15.9. The van der Waals surface area contributed by atoms with E-state index in [9.17, 15) is 4.79 Å². The summed E-state index contributed by atoms with van der Waals surface area (Å²) in [6.45, 7) is 15.7. The van der Waals surface area contributed by atoms with Gasteiger partial charge in [-0.25, -0.2) is 4.79 Å². The van der Waals surface area contributed by atoms with Crippen molar-refractivity contribution in [1.82, 2.24) is 16.0 Å². The molecule has 0 aromatic carbocycles. The zero-order valence-corrected chi connectivity index (χ0v) is 17.3. The van der Waals surface area contributed by atoms with Crippen LogP contribution in [0.3, 0.4) is 0 Å². The lowest BCUT2D eigenvalue weighted by molar-refractivity contribution is 0.0529. The molecule has 0 saturated carbocycles. The summed E-state index contributed by atoms with van der Waals surface area (Å²) in [6.07, 6.45) is -0.411. The number of amides is 1. The van der Waals surface area contributed by atoms with E-state index in [1.165, 1.54) is 0 Å². The largest absolute Gasteiger partial charge is 0.444 e. The highest BCUT2D eigenvalue weighted by atomic mass is 127. The standard InChI is InChI=1S/C15H32N4O2.HI/c1-8-16-13(19-12(4)11(2)3)17-9-10-18-14(20)21-15(5,6)7;/h11-12H,8-10H2,1-7H3,(H,18,20)(H2,16,17,19);1H. The second-order valence-corrected chi connectivity index (χ2v) is 6.37. The van der Waals surface area contributed by atoms with E-state index in [2.05, 4.69) is 41.7 Å². The summed E-state index contributed by atoms with van der Waals surface area (Å²) >= 11 is 0. The zero-order valence-electron chi connectivity index (χ0n) is 14.9. The van der Waals surface area contributed by atoms with E-state index < -0.39 is 11.7 Å². The molecule has 0 aliphatic rings. The molecule has 0 aliphatic carbocycles. The van der Waals surface area contributed by atoms with Gasteiger partial charge in [0.1, 0.15) is 5.60 Å². The number of halogens is 1. The lowest BCUT2D eigenvalue weighted by atomic mass is 10.1. The van der Waals surface area contributed by atoms with Gasteiger partial charge in [0.25, 0.3) is 0 Å². The monoisotopic (exact) mass is 428 g/mol. The van der Waals surface area contributed by atoms with Gasteiger partial charge in [-0.05, 0) is 40.5 Å². The fourth-order valence-electron chi connectivity index (χ4n) is 1.34. The number of carbonyl (C=O) groups excluding carboxylic acids is 1. The molecule has 0 aliphatic heterocycles. The van der Waals surface area contributed by atoms with Crippen LogP contribution in [0.4, 0.5) is 4.79 Å². The third-order valence-electron chi connectivity index (χ3n) is 2.76. The van der Waals surface area contributed by atoms with Crippen LogP contribution in [0.1, 0.15) is 48.5 Å². The Labute approximate surface area is 152 Å². The minimum atomic E-state index is -0.476. The summed E-state index contributed by atoms with van der Waals surface area (Å²) in [6, 6.07) is 0.335. The fraction of sp³-hybridized carbons (Fsp3) is 0.867. The van der Waals surface area contributed by atoms with Gasteiger partial charge in [-0.1, -0.05) is 13.8 Å². The SMILES string of the molecule is CCNC(=NCCNC(=O)OC(C)(C)C)NC(C)C(C)C.I. The number of nitrogens with zero attached hydrogens (tertiary/aromatic N) is 1. The molecule has 3 N–H and O–H groups in total. The van der Waals surface area contributed by atoms with Gasteiger partial charge in [0, 0.05) is 19.1 Å². The number of hydrogen-bond donors (Lipinski definition) is 3. The molecule has 7 heteroatoms. The van der Waals surface area contributed by atoms with Crippen molar-refractivity contribution in [1.29, 1.82) is 0 Å². The predicted molar refractivity (Wildman–Crippen MR) is 103 cm³/mol. The molecule has 6 nitrogen and oxygen atoms in total. The van der Waals surface area contributed by atoms with Gasteiger partial charge in [0.2, 0.25) is 0 Å². The maximum Gasteiger partial charge on any atom is 0.407 e. The minimum Gasteiger partial charge on any atom is -0.444 e. The molecule has 0 saturated heterocycles. The highest BCUT2D eigenvalue weighted by Crippen LogP contribution is 2.06. The average Bonchev–Trinajstić information content (AvgIpc) is 2.32. The van der Waals surface area contributed by atoms with Crippen LogP contribution in [0, 0.1) is 5.92 Å². The van der Waals surface area contributed by atoms with Crippen molar-refractivity contribution < 1.29 is 9.53 Å². The Balaban J connectivity index is 0. The molecule has 0 bridgehead atoms. The van der Waals surface area contributed by atoms with Crippen molar-refractivity contribution in [2.45, 2.75) is 60.1 Å². The van der Waals surface area contributed by atoms with Gasteiger partial charge in [-0.2, -0.15) is 0 Å². The van der Waals surface area contributed by atoms with E-state index in [1.54, 1.807) is 0 Å². The topological polar surface area (TPSA) is 74.8 Å². The van der Waals surface area contributed by atoms with Crippen LogP contribution < -0.4 is 16.0 Å². The highest BCUT2D eigenvalue weighted by molar-refractivity contribution is 14.0. The number of rotatable bonds is 6. The van der Waals surface area contributed by atoms with Crippen LogP contribution in [0.15, 0.2) is 4.99 Å². The Hall–Kier alpha value is -0.730. The van der Waals surface area contributed by atoms with Crippen LogP contribution >= 0.6 is 24.0 Å². The number of hydrogen-bond acceptors (Lipinski definition) is 3. The van der Waals surface area contributed by atoms with Crippen molar-refractivity contribution in [3.05, 3.63) is 0 Å². The molecule has 1 atom stereocenters. The van der Waals surface area contributed by atoms with Crippen LogP contribution in [0.2, 0.25) is 0 Å². The van der Waals surface area contributed by atoms with Gasteiger partial charge in [-0.15, -0.1) is 24.0 Å². The Morgan fingerprint density at radius 1 is 1.18 bits per heavy atom. The first-order chi connectivity index (χ1) is 9.65. The second kappa shape index (κ2) is 11.8. The molecule has 1 unspecified atom stereocenters. The van der Waals surface area contributed by atoms with Gasteiger partial charge in [-0.3, -0.25) is 4.99 Å². The Bertz CT molecular complexity index is 341. The second-order valence-electron chi connectivity index (χ2n) is 6.37. The van der Waals surface area contributed by atoms with Gasteiger partial charge < -0.3 is 20.7 Å². The van der Waals surface area contributed by atoms with Gasteiger partial charge >= 0.3 is 6.09 Å². The Kier molecular flexibility index (Phi) is 12.6. The van der Waals surface area contributed by atoms with Crippen LogP contribution in [0.5, 0.6) is 0 Å². The van der Waals surface area contributed by atoms with Crippen molar-refractivity contribution in [3.8, 4) is 0 Å². The number of aliphatic imine (C=N–C) groups is 1. The highest BCUT2D eigenvalue weighted by Gasteiger charge is 2.15. The molecule has 1 amide bonds. The molecule has 0 heterocycles. The molecule has 0 radical (unpaired) electrons. The summed E-state index contributed by atoms with van der Waals surface area (Å²) in [5, 5.41) is 9.22. The smallest absolute Gasteiger partial charge is 0.407 e. The van der Waals surface area contributed by atoms with E-state index in [4.69, 9.17) is 4.74 Å². The number of alkyl carbamates (subject to hydrolysis) is 1. The summed E-state index contributed by atoms with van der Waals surface area (Å²) < 4.78 is 5.16. The molecule has 0 aromatic rings. The number of ether oxygens (including phenoxy) is 1. The Morgan fingerprint density at radius 3 is 2.23 bits per heavy atom. The maximum absolute atomic E-state index is 11.5. The van der Waals surface area contributed by atoms with E-state index >= 15 is 0 Å². The van der Waals surface area contributed by atoms with E-state index in [1.807, 2.05) is 27.7 Å². The summed E-state index contributed by atoms with van der Waals surface area (Å²) in [5.74, 6) is 1.29. The van der Waals surface area contributed by atoms with Crippen molar-refractivity contribution in [2.24, 2.45) is 10.9 Å². The van der Waals surface area contributed by atoms with Crippen LogP contribution in [-0.4, -0.2) is 43.3 Å². The maximum atomic E-state index is 11.5. The fourth-order valence-corrected chi connectivity index (χ4v) is 1.34. The zero-order chi connectivity index (χ0) is 16.5. The molecule has 0 fully saturated rings. The van der Waals surface area contributed by atoms with E-state index in [0.717, 1.165) is 12.5 Å². The normalized spacial score (nSPS) is 13.2. The lowest BCUT2D eigenvalue weighted by Crippen LogP contribution is -2.44. The molecule has 0 spiro atoms. The Morgan fingerprint density at radius 2 is 1.77 bits per heavy atom. The number of nitrogens with one attached hydrogen (secondary N) is 3. The lowest BCUT2D eigenvalue weighted by Gasteiger charge is -2.21. The predicted octanol–water partition coefficient (Wildman–Crippen LogP) is 2.73. The van der Waals surface area contributed by atoms with Crippen molar-refractivity contribution >= 4 is 36.0 Å². The molecular formula is C15H33IN4O2. The van der Waals surface area contributed by atoms with Crippen molar-refractivity contribution in [3.63, 3.8) is 0 Å². The minimum absolute atomic E-state index is 0. The molecule has 0 aromatic heterocycles. The first-order valence-electron chi connectivity index (χ1n) is 7.67. The molecule has 132 valence electrons. The van der Waals surface area contributed by atoms with Crippen LogP contribution in [-0.2, 0) is 4.74 Å². The number of carbonyl (C=O) groups is 1. The quantitative estimate of drug-likeness (QED) is 0.263. The molecule has 22 heavy (non-hydrogen) atoms. The molecular weight excluding hydrogens is 395 g/mol. The van der Waals surface area contributed by atoms with E-state index in [0.29, 0.717) is 25.0 Å². The average molecular weight is 428 g/mol. The summed E-state index contributed by atoms with van der Waals surface area (Å²) in [5.41, 5.74) is -0.476. The summed E-state index contributed by atoms with van der Waals surface area (Å²) in [7, 11) is 0. The third-order valence-corrected chi connectivity index (χ3v) is 2.76. The van der Waals surface area contributed by atoms with Gasteiger partial charge in [0.05, 0.1) is 6.54 Å². The van der Waals surface area contributed by atoms with Gasteiger partial charge in [0.15, 0.2) is 5.96 Å². The van der Waals surface area contributed by atoms with Crippen LogP contribution in [0.25, 0.3) is 0 Å².